The Labute approximate surface area is 128 Å². The van der Waals surface area contributed by atoms with Crippen molar-refractivity contribution in [2.24, 2.45) is 0 Å². The maximum absolute atomic E-state index is 12.7. The summed E-state index contributed by atoms with van der Waals surface area (Å²) >= 11 is 0. The zero-order chi connectivity index (χ0) is 15.2. The Hall–Kier alpha value is -2.17. The first-order valence-electron chi connectivity index (χ1n) is 7.95. The van der Waals surface area contributed by atoms with E-state index in [0.29, 0.717) is 5.39 Å². The monoisotopic (exact) mass is 297 g/mol. The molecular weight excluding hydrogens is 278 g/mol. The highest BCUT2D eigenvalue weighted by Crippen LogP contribution is 2.45. The van der Waals surface area contributed by atoms with E-state index in [1.54, 1.807) is 10.7 Å². The summed E-state index contributed by atoms with van der Waals surface area (Å²) < 4.78 is 1.66. The molecule has 5 nitrogen and oxygen atoms in total. The number of carbonyl (C=O) groups is 1. The van der Waals surface area contributed by atoms with Gasteiger partial charge in [-0.2, -0.15) is 5.10 Å². The first-order chi connectivity index (χ1) is 10.7. The number of likely N-dealkylation sites (tertiary alicyclic amines) is 1. The van der Waals surface area contributed by atoms with Gasteiger partial charge in [-0.05, 0) is 44.2 Å². The van der Waals surface area contributed by atoms with Crippen LogP contribution in [-0.2, 0) is 11.3 Å². The van der Waals surface area contributed by atoms with Gasteiger partial charge in [0.15, 0.2) is 0 Å². The fraction of sp³-hybridized carbons (Fsp3) is 0.471. The predicted molar refractivity (Wildman–Crippen MR) is 83.5 cm³/mol. The lowest BCUT2D eigenvalue weighted by Gasteiger charge is -2.45. The van der Waals surface area contributed by atoms with Crippen molar-refractivity contribution in [3.05, 3.63) is 40.7 Å². The molecule has 4 rings (SSSR count). The average Bonchev–Trinajstić information content (AvgIpc) is 2.96. The highest BCUT2D eigenvalue weighted by molar-refractivity contribution is 5.82. The number of hydrogen-bond acceptors (Lipinski definition) is 3. The SMILES string of the molecule is O=C(Cn1ncc(=O)c2ccccc21)N1CCCC12CCC2. The third-order valence-corrected chi connectivity index (χ3v) is 5.23. The van der Waals surface area contributed by atoms with Crippen LogP contribution >= 0.6 is 0 Å². The van der Waals surface area contributed by atoms with Gasteiger partial charge in [0, 0.05) is 17.5 Å². The van der Waals surface area contributed by atoms with Crippen LogP contribution in [0.1, 0.15) is 32.1 Å². The number of rotatable bonds is 2. The van der Waals surface area contributed by atoms with Crippen LogP contribution in [0.15, 0.2) is 35.3 Å². The lowest BCUT2D eigenvalue weighted by molar-refractivity contribution is -0.139. The molecule has 1 aliphatic carbocycles. The largest absolute Gasteiger partial charge is 0.335 e. The van der Waals surface area contributed by atoms with Crippen LogP contribution < -0.4 is 5.43 Å². The molecule has 5 heteroatoms. The van der Waals surface area contributed by atoms with Gasteiger partial charge >= 0.3 is 0 Å². The highest BCUT2D eigenvalue weighted by atomic mass is 16.2. The fourth-order valence-electron chi connectivity index (χ4n) is 3.93. The van der Waals surface area contributed by atoms with Gasteiger partial charge in [0.25, 0.3) is 0 Å². The molecule has 0 unspecified atom stereocenters. The number of benzene rings is 1. The van der Waals surface area contributed by atoms with Gasteiger partial charge in [0.05, 0.1) is 11.7 Å². The summed E-state index contributed by atoms with van der Waals surface area (Å²) in [4.78, 5) is 26.7. The third-order valence-electron chi connectivity index (χ3n) is 5.23. The summed E-state index contributed by atoms with van der Waals surface area (Å²) in [5, 5.41) is 4.78. The van der Waals surface area contributed by atoms with Crippen molar-refractivity contribution in [2.75, 3.05) is 6.54 Å². The van der Waals surface area contributed by atoms with Crippen LogP contribution in [0.2, 0.25) is 0 Å². The molecule has 1 amide bonds. The molecule has 114 valence electrons. The smallest absolute Gasteiger partial charge is 0.244 e. The molecule has 1 spiro atoms. The number of amides is 1. The van der Waals surface area contributed by atoms with Gasteiger partial charge in [0.2, 0.25) is 11.3 Å². The van der Waals surface area contributed by atoms with Crippen LogP contribution in [0.3, 0.4) is 0 Å². The minimum Gasteiger partial charge on any atom is -0.335 e. The molecule has 0 bridgehead atoms. The van der Waals surface area contributed by atoms with Gasteiger partial charge in [0.1, 0.15) is 6.54 Å². The summed E-state index contributed by atoms with van der Waals surface area (Å²) in [6.45, 7) is 1.07. The van der Waals surface area contributed by atoms with Gasteiger partial charge in [-0.15, -0.1) is 0 Å². The molecule has 0 atom stereocenters. The second-order valence-electron chi connectivity index (χ2n) is 6.41. The Balaban J connectivity index is 1.65. The lowest BCUT2D eigenvalue weighted by Crippen LogP contribution is -2.52. The molecule has 2 aromatic rings. The Bertz CT molecular complexity index is 792. The van der Waals surface area contributed by atoms with E-state index in [1.807, 2.05) is 18.2 Å². The molecule has 2 aliphatic rings. The van der Waals surface area contributed by atoms with Crippen molar-refractivity contribution in [1.82, 2.24) is 14.7 Å². The number of nitrogens with zero attached hydrogens (tertiary/aromatic N) is 3. The normalized spacial score (nSPS) is 19.5. The minimum absolute atomic E-state index is 0.101. The van der Waals surface area contributed by atoms with Gasteiger partial charge in [-0.25, -0.2) is 0 Å². The summed E-state index contributed by atoms with van der Waals surface area (Å²) in [6, 6.07) is 7.33. The Morgan fingerprint density at radius 3 is 2.73 bits per heavy atom. The number of para-hydroxylation sites is 1. The molecule has 1 aromatic heterocycles. The minimum atomic E-state index is -0.101. The zero-order valence-corrected chi connectivity index (χ0v) is 12.5. The van der Waals surface area contributed by atoms with Crippen molar-refractivity contribution in [3.8, 4) is 0 Å². The zero-order valence-electron chi connectivity index (χ0n) is 12.5. The van der Waals surface area contributed by atoms with Gasteiger partial charge in [-0.1, -0.05) is 12.1 Å². The third kappa shape index (κ3) is 1.95. The van der Waals surface area contributed by atoms with Crippen LogP contribution in [0.25, 0.3) is 10.9 Å². The van der Waals surface area contributed by atoms with E-state index in [9.17, 15) is 9.59 Å². The number of hydrogen-bond donors (Lipinski definition) is 0. The van der Waals surface area contributed by atoms with Crippen molar-refractivity contribution in [1.29, 1.82) is 0 Å². The van der Waals surface area contributed by atoms with Crippen LogP contribution in [0.4, 0.5) is 0 Å². The Morgan fingerprint density at radius 1 is 1.18 bits per heavy atom. The Morgan fingerprint density at radius 2 is 1.95 bits per heavy atom. The molecule has 22 heavy (non-hydrogen) atoms. The highest BCUT2D eigenvalue weighted by Gasteiger charge is 2.47. The van der Waals surface area contributed by atoms with Gasteiger partial charge in [-0.3, -0.25) is 14.3 Å². The number of fused-ring (bicyclic) bond motifs is 1. The van der Waals surface area contributed by atoms with Gasteiger partial charge < -0.3 is 4.90 Å². The van der Waals surface area contributed by atoms with Crippen molar-refractivity contribution >= 4 is 16.8 Å². The fourth-order valence-corrected chi connectivity index (χ4v) is 3.93. The molecule has 1 aromatic carbocycles. The Kier molecular flexibility index (Phi) is 3.03. The maximum atomic E-state index is 12.7. The van der Waals surface area contributed by atoms with E-state index in [2.05, 4.69) is 10.00 Å². The van der Waals surface area contributed by atoms with E-state index in [4.69, 9.17) is 0 Å². The summed E-state index contributed by atoms with van der Waals surface area (Å²) in [6.07, 6.45) is 7.04. The van der Waals surface area contributed by atoms with E-state index in [1.165, 1.54) is 12.6 Å². The molecule has 0 radical (unpaired) electrons. The molecule has 0 N–H and O–H groups in total. The van der Waals surface area contributed by atoms with Crippen molar-refractivity contribution in [3.63, 3.8) is 0 Å². The topological polar surface area (TPSA) is 55.2 Å². The summed E-state index contributed by atoms with van der Waals surface area (Å²) in [5.41, 5.74) is 0.757. The first-order valence-corrected chi connectivity index (χ1v) is 7.95. The number of aromatic nitrogens is 2. The lowest BCUT2D eigenvalue weighted by atomic mass is 9.75. The van der Waals surface area contributed by atoms with E-state index >= 15 is 0 Å². The predicted octanol–water partition coefficient (Wildman–Crippen LogP) is 1.94. The van der Waals surface area contributed by atoms with Crippen LogP contribution in [0.5, 0.6) is 0 Å². The molecule has 2 fully saturated rings. The summed E-state index contributed by atoms with van der Waals surface area (Å²) in [5.74, 6) is 0.124. The second-order valence-corrected chi connectivity index (χ2v) is 6.41. The number of carbonyl (C=O) groups excluding carboxylic acids is 1. The quantitative estimate of drug-likeness (QED) is 0.851. The van der Waals surface area contributed by atoms with E-state index < -0.39 is 0 Å². The van der Waals surface area contributed by atoms with Crippen molar-refractivity contribution < 1.29 is 4.79 Å². The second kappa shape index (κ2) is 4.93. The average molecular weight is 297 g/mol. The first kappa shape index (κ1) is 13.5. The van der Waals surface area contributed by atoms with E-state index in [-0.39, 0.29) is 23.4 Å². The maximum Gasteiger partial charge on any atom is 0.244 e. The summed E-state index contributed by atoms with van der Waals surface area (Å²) in [7, 11) is 0. The van der Waals surface area contributed by atoms with Crippen LogP contribution in [0, 0.1) is 0 Å². The van der Waals surface area contributed by atoms with Crippen LogP contribution in [-0.4, -0.2) is 32.7 Å². The molecule has 1 saturated carbocycles. The molecule has 2 heterocycles. The van der Waals surface area contributed by atoms with E-state index in [0.717, 1.165) is 37.7 Å². The molecule has 1 aliphatic heterocycles. The molecular formula is C17H19N3O2. The molecule has 1 saturated heterocycles. The standard InChI is InChI=1S/C17H19N3O2/c21-15-11-18-20(14-6-2-1-5-13(14)15)12-16(22)19-10-4-9-17(19)7-3-8-17/h1-2,5-6,11H,3-4,7-10,12H2. The van der Waals surface area contributed by atoms with Crippen molar-refractivity contribution in [2.45, 2.75) is 44.2 Å².